The molecule has 0 aliphatic carbocycles. The molecule has 21 heavy (non-hydrogen) atoms. The number of ether oxygens (including phenoxy) is 1. The van der Waals surface area contributed by atoms with E-state index in [0.29, 0.717) is 5.56 Å². The first-order valence-electron chi connectivity index (χ1n) is 6.14. The van der Waals surface area contributed by atoms with Gasteiger partial charge in [-0.2, -0.15) is 5.26 Å². The van der Waals surface area contributed by atoms with Crippen molar-refractivity contribution in [2.24, 2.45) is 0 Å². The number of hydrogen-bond donors (Lipinski definition) is 0. The Balaban J connectivity index is 2.31. The van der Waals surface area contributed by atoms with Gasteiger partial charge in [0.2, 0.25) is 0 Å². The Kier molecular flexibility index (Phi) is 4.32. The second-order valence-corrected chi connectivity index (χ2v) is 4.25. The Labute approximate surface area is 121 Å². The highest BCUT2D eigenvalue weighted by molar-refractivity contribution is 5.74. The van der Waals surface area contributed by atoms with E-state index in [1.807, 2.05) is 30.3 Å². The van der Waals surface area contributed by atoms with E-state index in [0.717, 1.165) is 11.3 Å². The van der Waals surface area contributed by atoms with Crippen molar-refractivity contribution in [1.29, 1.82) is 5.26 Å². The molecule has 5 heteroatoms. The summed E-state index contributed by atoms with van der Waals surface area (Å²) in [4.78, 5) is 10.5. The molecule has 0 unspecified atom stereocenters. The van der Waals surface area contributed by atoms with E-state index in [2.05, 4.69) is 0 Å². The van der Waals surface area contributed by atoms with E-state index in [4.69, 9.17) is 10.00 Å². The van der Waals surface area contributed by atoms with Crippen molar-refractivity contribution >= 4 is 17.8 Å². The fourth-order valence-corrected chi connectivity index (χ4v) is 1.81. The molecule has 0 heterocycles. The zero-order valence-electron chi connectivity index (χ0n) is 11.3. The van der Waals surface area contributed by atoms with Crippen molar-refractivity contribution in [3.05, 3.63) is 69.3 Å². The average Bonchev–Trinajstić information content (AvgIpc) is 2.53. The SMILES string of the molecule is COc1ccc(C=Cc2ccc(C#N)cc2[N+](=O)[O-])cc1. The molecule has 0 spiro atoms. The topological polar surface area (TPSA) is 76.2 Å². The van der Waals surface area contributed by atoms with Crippen LogP contribution in [0.1, 0.15) is 16.7 Å². The lowest BCUT2D eigenvalue weighted by molar-refractivity contribution is -0.385. The number of nitro benzene ring substituents is 1. The molecule has 0 saturated carbocycles. The summed E-state index contributed by atoms with van der Waals surface area (Å²) in [5.74, 6) is 0.747. The third kappa shape index (κ3) is 3.45. The van der Waals surface area contributed by atoms with Gasteiger partial charge in [-0.05, 0) is 35.9 Å². The molecule has 2 rings (SSSR count). The van der Waals surface area contributed by atoms with Crippen LogP contribution < -0.4 is 4.74 Å². The molecule has 0 fully saturated rings. The summed E-state index contributed by atoms with van der Waals surface area (Å²) in [6.07, 6.45) is 3.43. The first-order chi connectivity index (χ1) is 10.1. The molecule has 0 atom stereocenters. The van der Waals surface area contributed by atoms with Crippen LogP contribution in [0.2, 0.25) is 0 Å². The fraction of sp³-hybridized carbons (Fsp3) is 0.0625. The number of hydrogen-bond acceptors (Lipinski definition) is 4. The van der Waals surface area contributed by atoms with Crippen molar-refractivity contribution in [3.8, 4) is 11.8 Å². The van der Waals surface area contributed by atoms with Crippen molar-refractivity contribution in [2.45, 2.75) is 0 Å². The Morgan fingerprint density at radius 2 is 1.90 bits per heavy atom. The van der Waals surface area contributed by atoms with Gasteiger partial charge in [0.05, 0.1) is 29.2 Å². The summed E-state index contributed by atoms with van der Waals surface area (Å²) in [5.41, 5.74) is 1.53. The number of rotatable bonds is 4. The Morgan fingerprint density at radius 3 is 2.48 bits per heavy atom. The summed E-state index contributed by atoms with van der Waals surface area (Å²) < 4.78 is 5.06. The summed E-state index contributed by atoms with van der Waals surface area (Å²) in [7, 11) is 1.59. The van der Waals surface area contributed by atoms with Crippen LogP contribution in [0, 0.1) is 21.4 Å². The van der Waals surface area contributed by atoms with Gasteiger partial charge in [-0.1, -0.05) is 18.2 Å². The lowest BCUT2D eigenvalue weighted by atomic mass is 10.1. The molecule has 0 aliphatic heterocycles. The molecule has 0 bridgehead atoms. The molecule has 0 amide bonds. The number of nitriles is 1. The van der Waals surface area contributed by atoms with E-state index in [1.54, 1.807) is 31.4 Å². The third-order valence-corrected chi connectivity index (χ3v) is 2.93. The normalized spacial score (nSPS) is 10.3. The van der Waals surface area contributed by atoms with Gasteiger partial charge < -0.3 is 4.74 Å². The molecule has 104 valence electrons. The van der Waals surface area contributed by atoms with Crippen molar-refractivity contribution < 1.29 is 9.66 Å². The molecule has 0 N–H and O–H groups in total. The zero-order valence-corrected chi connectivity index (χ0v) is 11.3. The van der Waals surface area contributed by atoms with Crippen molar-refractivity contribution in [3.63, 3.8) is 0 Å². The van der Waals surface area contributed by atoms with Gasteiger partial charge in [0.1, 0.15) is 5.75 Å². The van der Waals surface area contributed by atoms with Gasteiger partial charge >= 0.3 is 0 Å². The number of nitrogens with zero attached hydrogens (tertiary/aromatic N) is 2. The second-order valence-electron chi connectivity index (χ2n) is 4.25. The number of benzene rings is 2. The average molecular weight is 280 g/mol. The first-order valence-corrected chi connectivity index (χ1v) is 6.14. The lowest BCUT2D eigenvalue weighted by Gasteiger charge is -2.00. The van der Waals surface area contributed by atoms with Gasteiger partial charge in [-0.3, -0.25) is 10.1 Å². The molecule has 5 nitrogen and oxygen atoms in total. The summed E-state index contributed by atoms with van der Waals surface area (Å²) >= 11 is 0. The first kappa shape index (κ1) is 14.3. The van der Waals surface area contributed by atoms with Gasteiger partial charge in [0, 0.05) is 6.07 Å². The quantitative estimate of drug-likeness (QED) is 0.486. The van der Waals surface area contributed by atoms with Crippen LogP contribution in [-0.2, 0) is 0 Å². The van der Waals surface area contributed by atoms with E-state index in [1.165, 1.54) is 6.07 Å². The lowest BCUT2D eigenvalue weighted by Crippen LogP contribution is -1.92. The molecule has 2 aromatic carbocycles. The van der Waals surface area contributed by atoms with Crippen LogP contribution in [0.15, 0.2) is 42.5 Å². The monoisotopic (exact) mass is 280 g/mol. The van der Waals surface area contributed by atoms with Gasteiger partial charge in [-0.15, -0.1) is 0 Å². The Hall–Kier alpha value is -3.13. The summed E-state index contributed by atoms with van der Waals surface area (Å²) in [5, 5.41) is 19.8. The standard InChI is InChI=1S/C16H12N2O3/c1-21-15-8-4-12(5-9-15)2-6-14-7-3-13(11-17)10-16(14)18(19)20/h2-10H,1H3. The zero-order chi connectivity index (χ0) is 15.2. The van der Waals surface area contributed by atoms with Gasteiger partial charge in [-0.25, -0.2) is 0 Å². The van der Waals surface area contributed by atoms with E-state index in [9.17, 15) is 10.1 Å². The Morgan fingerprint density at radius 1 is 1.19 bits per heavy atom. The molecule has 0 saturated heterocycles. The smallest absolute Gasteiger partial charge is 0.277 e. The molecular weight excluding hydrogens is 268 g/mol. The third-order valence-electron chi connectivity index (χ3n) is 2.93. The maximum absolute atomic E-state index is 11.0. The predicted molar refractivity (Wildman–Crippen MR) is 79.7 cm³/mol. The number of methoxy groups -OCH3 is 1. The second kappa shape index (κ2) is 6.35. The van der Waals surface area contributed by atoms with Crippen LogP contribution >= 0.6 is 0 Å². The minimum atomic E-state index is -0.492. The van der Waals surface area contributed by atoms with E-state index >= 15 is 0 Å². The minimum Gasteiger partial charge on any atom is -0.497 e. The molecule has 0 aromatic heterocycles. The molecule has 0 radical (unpaired) electrons. The summed E-state index contributed by atoms with van der Waals surface area (Å²) in [6, 6.07) is 13.6. The fourth-order valence-electron chi connectivity index (χ4n) is 1.81. The minimum absolute atomic E-state index is 0.0844. The van der Waals surface area contributed by atoms with E-state index in [-0.39, 0.29) is 11.3 Å². The van der Waals surface area contributed by atoms with Crippen LogP contribution in [0.4, 0.5) is 5.69 Å². The largest absolute Gasteiger partial charge is 0.497 e. The molecule has 0 aliphatic rings. The van der Waals surface area contributed by atoms with Crippen LogP contribution in [0.3, 0.4) is 0 Å². The number of nitro groups is 1. The van der Waals surface area contributed by atoms with Crippen molar-refractivity contribution in [2.75, 3.05) is 7.11 Å². The molecular formula is C16H12N2O3. The van der Waals surface area contributed by atoms with Crippen LogP contribution in [0.25, 0.3) is 12.2 Å². The summed E-state index contributed by atoms with van der Waals surface area (Å²) in [6.45, 7) is 0. The highest BCUT2D eigenvalue weighted by Gasteiger charge is 2.12. The maximum atomic E-state index is 11.0. The van der Waals surface area contributed by atoms with Crippen molar-refractivity contribution in [1.82, 2.24) is 0 Å². The van der Waals surface area contributed by atoms with Crippen LogP contribution in [-0.4, -0.2) is 12.0 Å². The highest BCUT2D eigenvalue weighted by Crippen LogP contribution is 2.23. The van der Waals surface area contributed by atoms with Gasteiger partial charge in [0.15, 0.2) is 0 Å². The van der Waals surface area contributed by atoms with Crippen LogP contribution in [0.5, 0.6) is 5.75 Å². The van der Waals surface area contributed by atoms with Gasteiger partial charge in [0.25, 0.3) is 5.69 Å². The Bertz CT molecular complexity index is 728. The highest BCUT2D eigenvalue weighted by atomic mass is 16.6. The predicted octanol–water partition coefficient (Wildman–Crippen LogP) is 3.65. The maximum Gasteiger partial charge on any atom is 0.277 e. The molecule has 2 aromatic rings. The van der Waals surface area contributed by atoms with E-state index < -0.39 is 4.92 Å².